The molecule has 0 unspecified atom stereocenters. The van der Waals surface area contributed by atoms with Gasteiger partial charge in [0.2, 0.25) is 0 Å². The molecule has 0 spiro atoms. The molecule has 0 aromatic heterocycles. The van der Waals surface area contributed by atoms with Gasteiger partial charge < -0.3 is 5.73 Å². The Kier molecular flexibility index (Phi) is 2.60. The Balaban J connectivity index is 4.49. The fourth-order valence-electron chi connectivity index (χ4n) is 0.332. The normalized spacial score (nSPS) is 11.8. The number of carbonyl (C=O) groups is 1. The molecule has 0 fully saturated rings. The molecule has 11 heavy (non-hydrogen) atoms. The highest BCUT2D eigenvalue weighted by Gasteiger charge is 2.45. The predicted octanol–water partition coefficient (Wildman–Crippen LogP) is 1.11. The van der Waals surface area contributed by atoms with Gasteiger partial charge in [-0.2, -0.15) is 13.7 Å². The number of nitrogens with zero attached hydrogens (tertiary/aromatic N) is 1. The Morgan fingerprint density at radius 2 is 1.73 bits per heavy atom. The molecule has 0 heterocycles. The van der Waals surface area contributed by atoms with Crippen LogP contribution in [0.15, 0.2) is 0 Å². The van der Waals surface area contributed by atoms with Crippen LogP contribution in [0.5, 0.6) is 0 Å². The van der Waals surface area contributed by atoms with Gasteiger partial charge in [0.25, 0.3) is 0 Å². The Labute approximate surface area is 57.6 Å². The van der Waals surface area contributed by atoms with Gasteiger partial charge in [-0.1, -0.05) is 0 Å². The third-order valence-electron chi connectivity index (χ3n) is 0.706. The molecule has 0 bridgehead atoms. The summed E-state index contributed by atoms with van der Waals surface area (Å²) in [6.07, 6.45) is -5.43. The van der Waals surface area contributed by atoms with Gasteiger partial charge in [0.1, 0.15) is 0 Å². The van der Waals surface area contributed by atoms with Gasteiger partial charge in [-0.05, 0) is 0 Å². The van der Waals surface area contributed by atoms with Gasteiger partial charge in [-0.25, -0.2) is 4.79 Å². The van der Waals surface area contributed by atoms with Crippen molar-refractivity contribution in [3.05, 3.63) is 0 Å². The second-order valence-electron chi connectivity index (χ2n) is 1.45. The van der Waals surface area contributed by atoms with Crippen molar-refractivity contribution in [3.63, 3.8) is 0 Å². The first-order valence-electron chi connectivity index (χ1n) is 2.20. The first kappa shape index (κ1) is 9.92. The Hall–Kier alpha value is -1.08. The molecule has 0 saturated carbocycles. The fraction of sp³-hybridized carbons (Fsp3) is 0.667. The highest BCUT2D eigenvalue weighted by atomic mass is 19.4. The minimum absolute atomic E-state index is 1.67. The van der Waals surface area contributed by atoms with Gasteiger partial charge in [0, 0.05) is 0 Å². The van der Waals surface area contributed by atoms with Crippen LogP contribution in [0.3, 0.4) is 0 Å². The molecular formula is C3H3F5N2O. The smallest absolute Gasteiger partial charge is 0.351 e. The molecule has 0 saturated heterocycles. The molecule has 0 rings (SSSR count). The van der Waals surface area contributed by atoms with E-state index in [1.807, 2.05) is 0 Å². The van der Waals surface area contributed by atoms with E-state index < -0.39 is 23.8 Å². The number of primary amides is 1. The molecule has 0 aliphatic carbocycles. The summed E-state index contributed by atoms with van der Waals surface area (Å²) < 4.78 is 56.8. The quantitative estimate of drug-likeness (QED) is 0.474. The van der Waals surface area contributed by atoms with Crippen LogP contribution >= 0.6 is 0 Å². The summed E-state index contributed by atoms with van der Waals surface area (Å²) in [6, 6.07) is -2.23. The van der Waals surface area contributed by atoms with E-state index in [0.29, 0.717) is 0 Å². The van der Waals surface area contributed by atoms with Crippen LogP contribution in [0.4, 0.5) is 26.7 Å². The molecule has 0 atom stereocenters. The van der Waals surface area contributed by atoms with Gasteiger partial charge in [0.05, 0.1) is 0 Å². The summed E-state index contributed by atoms with van der Waals surface area (Å²) in [7, 11) is 0. The van der Waals surface area contributed by atoms with Crippen molar-refractivity contribution < 1.29 is 26.7 Å². The first-order valence-corrected chi connectivity index (χ1v) is 2.20. The van der Waals surface area contributed by atoms with E-state index in [9.17, 15) is 26.7 Å². The van der Waals surface area contributed by atoms with Gasteiger partial charge in [-0.15, -0.1) is 13.2 Å². The summed E-state index contributed by atoms with van der Waals surface area (Å²) in [5, 5.41) is 0. The van der Waals surface area contributed by atoms with E-state index >= 15 is 0 Å². The average Bonchev–Trinajstić information content (AvgIpc) is 1.54. The van der Waals surface area contributed by atoms with E-state index in [2.05, 4.69) is 5.73 Å². The van der Waals surface area contributed by atoms with Crippen molar-refractivity contribution in [3.8, 4) is 0 Å². The van der Waals surface area contributed by atoms with Crippen molar-refractivity contribution in [2.75, 3.05) is 0 Å². The number of alkyl halides is 5. The van der Waals surface area contributed by atoms with Gasteiger partial charge >= 0.3 is 18.9 Å². The number of nitrogens with two attached hydrogens (primary N) is 1. The summed E-state index contributed by atoms with van der Waals surface area (Å²) in [6.45, 7) is -3.97. The minimum Gasteiger partial charge on any atom is -0.351 e. The molecule has 3 nitrogen and oxygen atoms in total. The van der Waals surface area contributed by atoms with E-state index in [1.165, 1.54) is 0 Å². The zero-order valence-corrected chi connectivity index (χ0v) is 4.90. The lowest BCUT2D eigenvalue weighted by molar-refractivity contribution is -0.266. The minimum atomic E-state index is -5.43. The number of urea groups is 1. The monoisotopic (exact) mass is 178 g/mol. The van der Waals surface area contributed by atoms with Crippen LogP contribution in [0, 0.1) is 0 Å². The Morgan fingerprint density at radius 3 is 1.73 bits per heavy atom. The topological polar surface area (TPSA) is 46.3 Å². The highest BCUT2D eigenvalue weighted by Crippen LogP contribution is 2.24. The van der Waals surface area contributed by atoms with Crippen LogP contribution in [-0.4, -0.2) is 23.8 Å². The second-order valence-corrected chi connectivity index (χ2v) is 1.45. The zero-order chi connectivity index (χ0) is 9.23. The largest absolute Gasteiger partial charge is 0.492 e. The lowest BCUT2D eigenvalue weighted by Crippen LogP contribution is -2.48. The molecule has 0 aliphatic heterocycles. The van der Waals surface area contributed by atoms with Crippen LogP contribution in [0.1, 0.15) is 0 Å². The summed E-state index contributed by atoms with van der Waals surface area (Å²) in [5.74, 6) is 0. The lowest BCUT2D eigenvalue weighted by atomic mass is 10.8. The van der Waals surface area contributed by atoms with Crippen LogP contribution in [0.2, 0.25) is 0 Å². The maximum Gasteiger partial charge on any atom is 0.492 e. The van der Waals surface area contributed by atoms with Crippen molar-refractivity contribution in [1.29, 1.82) is 0 Å². The molecule has 2 N–H and O–H groups in total. The van der Waals surface area contributed by atoms with E-state index in [1.54, 1.807) is 0 Å². The van der Waals surface area contributed by atoms with Crippen molar-refractivity contribution in [2.45, 2.75) is 12.8 Å². The molecule has 0 radical (unpaired) electrons. The van der Waals surface area contributed by atoms with Crippen molar-refractivity contribution >= 4 is 6.03 Å². The fourth-order valence-corrected chi connectivity index (χ4v) is 0.332. The SMILES string of the molecule is NC(=O)N(C(F)F)C(F)(F)F. The molecule has 0 aromatic carbocycles. The van der Waals surface area contributed by atoms with Crippen LogP contribution < -0.4 is 5.73 Å². The van der Waals surface area contributed by atoms with Gasteiger partial charge in [0.15, 0.2) is 0 Å². The molecular weight excluding hydrogens is 175 g/mol. The number of carbonyl (C=O) groups excluding carboxylic acids is 1. The maximum atomic E-state index is 11.4. The van der Waals surface area contributed by atoms with Gasteiger partial charge in [-0.3, -0.25) is 0 Å². The first-order chi connectivity index (χ1) is 4.76. The third-order valence-corrected chi connectivity index (χ3v) is 0.706. The highest BCUT2D eigenvalue weighted by molar-refractivity contribution is 5.72. The number of halogens is 5. The van der Waals surface area contributed by atoms with E-state index in [0.717, 1.165) is 0 Å². The Morgan fingerprint density at radius 1 is 1.36 bits per heavy atom. The number of hydrogen-bond acceptors (Lipinski definition) is 1. The van der Waals surface area contributed by atoms with Crippen LogP contribution in [-0.2, 0) is 0 Å². The summed E-state index contributed by atoms with van der Waals surface area (Å²) in [5.41, 5.74) is 4.01. The lowest BCUT2D eigenvalue weighted by Gasteiger charge is -2.20. The van der Waals surface area contributed by atoms with E-state index in [-0.39, 0.29) is 0 Å². The number of rotatable bonds is 1. The molecule has 0 aromatic rings. The van der Waals surface area contributed by atoms with Crippen molar-refractivity contribution in [1.82, 2.24) is 4.90 Å². The molecule has 2 amide bonds. The average molecular weight is 178 g/mol. The summed E-state index contributed by atoms with van der Waals surface area (Å²) >= 11 is 0. The number of hydrogen-bond donors (Lipinski definition) is 1. The predicted molar refractivity (Wildman–Crippen MR) is 23.5 cm³/mol. The summed E-state index contributed by atoms with van der Waals surface area (Å²) in [4.78, 5) is 8.06. The molecule has 8 heteroatoms. The van der Waals surface area contributed by atoms with E-state index in [4.69, 9.17) is 0 Å². The number of amides is 2. The van der Waals surface area contributed by atoms with Crippen LogP contribution in [0.25, 0.3) is 0 Å². The maximum absolute atomic E-state index is 11.4. The zero-order valence-electron chi connectivity index (χ0n) is 4.90. The molecule has 0 aliphatic rings. The standard InChI is InChI=1S/C3H3F5N2O/c4-1(5)10(2(9)11)3(6,7)8/h1H,(H2,9,11). The van der Waals surface area contributed by atoms with Crippen molar-refractivity contribution in [2.24, 2.45) is 5.73 Å². The second kappa shape index (κ2) is 2.89. The molecule has 66 valence electrons. The third kappa shape index (κ3) is 2.56. The Bertz CT molecular complexity index is 154.